The Morgan fingerprint density at radius 1 is 0.854 bits per heavy atom. The van der Waals surface area contributed by atoms with Crippen LogP contribution in [0.2, 0.25) is 18.1 Å². The molecule has 0 radical (unpaired) electrons. The molecule has 1 aromatic rings. The summed E-state index contributed by atoms with van der Waals surface area (Å²) in [4.78, 5) is 25.4. The van der Waals surface area contributed by atoms with Gasteiger partial charge in [-0.3, -0.25) is 4.79 Å². The summed E-state index contributed by atoms with van der Waals surface area (Å²) >= 11 is 0. The van der Waals surface area contributed by atoms with E-state index in [2.05, 4.69) is 58.3 Å². The second-order valence-corrected chi connectivity index (χ2v) is 17.7. The third-order valence-corrected chi connectivity index (χ3v) is 12.6. The zero-order valence-corrected chi connectivity index (χ0v) is 28.4. The van der Waals surface area contributed by atoms with Gasteiger partial charge in [-0.1, -0.05) is 129 Å². The maximum absolute atomic E-state index is 12.7. The first kappa shape index (κ1) is 37.1. The standard InChI is InChI=1S/C35H61NO4Si/c1-8-10-11-12-13-14-15-16-17-18-19-20-24-28-32(40-41(6,7)35(3,4)5)31(36-33(37)25-9-2)29-39-34(38)30-26-22-21-23-27-30/h21-24,26-28,31-32H,8-20,25,29H2,1-7H3,(H,36,37)/b28-24+/t31-,32+/m0/s1. The normalized spacial score (nSPS) is 13.7. The molecule has 0 saturated carbocycles. The summed E-state index contributed by atoms with van der Waals surface area (Å²) in [5.74, 6) is -0.438. The van der Waals surface area contributed by atoms with E-state index in [1.165, 1.54) is 64.2 Å². The van der Waals surface area contributed by atoms with E-state index in [-0.39, 0.29) is 23.7 Å². The highest BCUT2D eigenvalue weighted by Gasteiger charge is 2.40. The molecule has 6 heteroatoms. The number of hydrogen-bond donors (Lipinski definition) is 1. The van der Waals surface area contributed by atoms with Gasteiger partial charge in [0.1, 0.15) is 6.61 Å². The lowest BCUT2D eigenvalue weighted by molar-refractivity contribution is -0.122. The van der Waals surface area contributed by atoms with E-state index in [0.29, 0.717) is 12.0 Å². The van der Waals surface area contributed by atoms with Crippen molar-refractivity contribution in [1.29, 1.82) is 0 Å². The van der Waals surface area contributed by atoms with Crippen LogP contribution >= 0.6 is 0 Å². The zero-order valence-electron chi connectivity index (χ0n) is 27.4. The van der Waals surface area contributed by atoms with Gasteiger partial charge in [-0.05, 0) is 49.5 Å². The SMILES string of the molecule is CCCCCCCCCCCCC/C=C/[C@@H](O[Si](C)(C)C(C)(C)C)[C@H](COC(=O)c1ccccc1)NC(=O)CCC. The fourth-order valence-corrected chi connectivity index (χ4v) is 5.75. The minimum absolute atomic E-state index is 0.00772. The number of rotatable bonds is 22. The minimum atomic E-state index is -2.17. The molecule has 234 valence electrons. The van der Waals surface area contributed by atoms with Crippen LogP contribution in [0.3, 0.4) is 0 Å². The van der Waals surface area contributed by atoms with Gasteiger partial charge in [-0.25, -0.2) is 4.79 Å². The Labute approximate surface area is 253 Å². The number of allylic oxidation sites excluding steroid dienone is 1. The second kappa shape index (κ2) is 20.9. The van der Waals surface area contributed by atoms with Gasteiger partial charge in [-0.15, -0.1) is 0 Å². The third-order valence-electron chi connectivity index (χ3n) is 8.16. The van der Waals surface area contributed by atoms with E-state index in [4.69, 9.17) is 9.16 Å². The predicted octanol–water partition coefficient (Wildman–Crippen LogP) is 9.78. The molecule has 1 amide bonds. The number of amides is 1. The minimum Gasteiger partial charge on any atom is -0.460 e. The summed E-state index contributed by atoms with van der Waals surface area (Å²) in [5.41, 5.74) is 0.500. The van der Waals surface area contributed by atoms with Gasteiger partial charge < -0.3 is 14.5 Å². The number of unbranched alkanes of at least 4 members (excludes halogenated alkanes) is 11. The van der Waals surface area contributed by atoms with Crippen molar-refractivity contribution in [2.45, 2.75) is 155 Å². The molecule has 0 spiro atoms. The number of benzene rings is 1. The molecule has 0 unspecified atom stereocenters. The monoisotopic (exact) mass is 587 g/mol. The molecule has 0 saturated heterocycles. The van der Waals surface area contributed by atoms with Gasteiger partial charge in [0.25, 0.3) is 0 Å². The van der Waals surface area contributed by atoms with Crippen molar-refractivity contribution in [3.63, 3.8) is 0 Å². The van der Waals surface area contributed by atoms with Crippen LogP contribution in [0.5, 0.6) is 0 Å². The Balaban J connectivity index is 2.79. The van der Waals surface area contributed by atoms with Crippen molar-refractivity contribution in [3.05, 3.63) is 48.0 Å². The largest absolute Gasteiger partial charge is 0.460 e. The van der Waals surface area contributed by atoms with Gasteiger partial charge in [0, 0.05) is 6.42 Å². The zero-order chi connectivity index (χ0) is 30.6. The highest BCUT2D eigenvalue weighted by molar-refractivity contribution is 6.74. The maximum atomic E-state index is 12.7. The molecule has 1 N–H and O–H groups in total. The highest BCUT2D eigenvalue weighted by Crippen LogP contribution is 2.38. The molecular formula is C35H61NO4Si. The van der Waals surface area contributed by atoms with E-state index in [0.717, 1.165) is 19.3 Å². The third kappa shape index (κ3) is 16.3. The molecule has 41 heavy (non-hydrogen) atoms. The first-order valence-electron chi connectivity index (χ1n) is 16.4. The first-order valence-corrected chi connectivity index (χ1v) is 19.3. The average Bonchev–Trinajstić information content (AvgIpc) is 2.92. The lowest BCUT2D eigenvalue weighted by atomic mass is 10.0. The van der Waals surface area contributed by atoms with E-state index in [1.54, 1.807) is 12.1 Å². The van der Waals surface area contributed by atoms with Gasteiger partial charge in [0.2, 0.25) is 5.91 Å². The van der Waals surface area contributed by atoms with Gasteiger partial charge in [0.15, 0.2) is 8.32 Å². The molecule has 0 aliphatic rings. The molecule has 1 rings (SSSR count). The molecule has 5 nitrogen and oxygen atoms in total. The lowest BCUT2D eigenvalue weighted by Crippen LogP contribution is -2.53. The average molecular weight is 588 g/mol. The molecular weight excluding hydrogens is 526 g/mol. The van der Waals surface area contributed by atoms with E-state index < -0.39 is 20.3 Å². The Morgan fingerprint density at radius 2 is 1.41 bits per heavy atom. The summed E-state index contributed by atoms with van der Waals surface area (Å²) in [6.07, 6.45) is 20.7. The maximum Gasteiger partial charge on any atom is 0.338 e. The number of ether oxygens (including phenoxy) is 1. The summed E-state index contributed by atoms with van der Waals surface area (Å²) in [6.45, 7) is 15.4. The van der Waals surface area contributed by atoms with E-state index in [9.17, 15) is 9.59 Å². The summed E-state index contributed by atoms with van der Waals surface area (Å²) in [7, 11) is -2.17. The van der Waals surface area contributed by atoms with Crippen molar-refractivity contribution < 1.29 is 18.8 Å². The van der Waals surface area contributed by atoms with Gasteiger partial charge >= 0.3 is 5.97 Å². The smallest absolute Gasteiger partial charge is 0.338 e. The lowest BCUT2D eigenvalue weighted by Gasteiger charge is -2.40. The van der Waals surface area contributed by atoms with Crippen LogP contribution < -0.4 is 5.32 Å². The number of carbonyl (C=O) groups is 2. The van der Waals surface area contributed by atoms with Crippen LogP contribution in [-0.2, 0) is 14.0 Å². The van der Waals surface area contributed by atoms with Crippen molar-refractivity contribution in [2.24, 2.45) is 0 Å². The number of hydrogen-bond acceptors (Lipinski definition) is 4. The first-order chi connectivity index (χ1) is 19.5. The highest BCUT2D eigenvalue weighted by atomic mass is 28.4. The Hall–Kier alpha value is -1.92. The van der Waals surface area contributed by atoms with Crippen molar-refractivity contribution in [2.75, 3.05) is 6.61 Å². The van der Waals surface area contributed by atoms with Crippen LogP contribution in [-0.4, -0.2) is 38.9 Å². The summed E-state index contributed by atoms with van der Waals surface area (Å²) < 4.78 is 12.6. The fourth-order valence-electron chi connectivity index (χ4n) is 4.48. The predicted molar refractivity (Wildman–Crippen MR) is 176 cm³/mol. The Kier molecular flexibility index (Phi) is 18.9. The van der Waals surface area contributed by atoms with E-state index >= 15 is 0 Å². The molecule has 0 aromatic heterocycles. The molecule has 0 heterocycles. The fraction of sp³-hybridized carbons (Fsp3) is 0.714. The molecule has 2 atom stereocenters. The Bertz CT molecular complexity index is 863. The molecule has 0 fully saturated rings. The summed E-state index contributed by atoms with van der Waals surface area (Å²) in [6, 6.07) is 8.53. The van der Waals surface area contributed by atoms with Crippen LogP contribution in [0, 0.1) is 0 Å². The second-order valence-electron chi connectivity index (χ2n) is 13.0. The van der Waals surface area contributed by atoms with Crippen LogP contribution in [0.1, 0.15) is 135 Å². The Morgan fingerprint density at radius 3 is 1.95 bits per heavy atom. The van der Waals surface area contributed by atoms with Crippen molar-refractivity contribution >= 4 is 20.2 Å². The van der Waals surface area contributed by atoms with E-state index in [1.807, 2.05) is 25.1 Å². The number of esters is 1. The van der Waals surface area contributed by atoms with Crippen molar-refractivity contribution in [3.8, 4) is 0 Å². The molecule has 0 bridgehead atoms. The van der Waals surface area contributed by atoms with Crippen LogP contribution in [0.25, 0.3) is 0 Å². The molecule has 1 aromatic carbocycles. The summed E-state index contributed by atoms with van der Waals surface area (Å²) in [5, 5.41) is 3.13. The van der Waals surface area contributed by atoms with Crippen molar-refractivity contribution in [1.82, 2.24) is 5.32 Å². The molecule has 0 aliphatic carbocycles. The van der Waals surface area contributed by atoms with Crippen LogP contribution in [0.15, 0.2) is 42.5 Å². The molecule has 0 aliphatic heterocycles. The topological polar surface area (TPSA) is 64.6 Å². The quantitative estimate of drug-likeness (QED) is 0.0634. The van der Waals surface area contributed by atoms with Crippen LogP contribution in [0.4, 0.5) is 0 Å². The van der Waals surface area contributed by atoms with Gasteiger partial charge in [-0.2, -0.15) is 0 Å². The van der Waals surface area contributed by atoms with Gasteiger partial charge in [0.05, 0.1) is 17.7 Å². The number of nitrogens with one attached hydrogen (secondary N) is 1. The number of carbonyl (C=O) groups excluding carboxylic acids is 2.